The number of piperazine rings is 1. The van der Waals surface area contributed by atoms with Crippen LogP contribution in [0.2, 0.25) is 0 Å². The van der Waals surface area contributed by atoms with Crippen LogP contribution in [0.5, 0.6) is 0 Å². The van der Waals surface area contributed by atoms with Crippen molar-refractivity contribution in [3.8, 4) is 5.69 Å². The number of fused-ring (bicyclic) bond motifs is 1. The van der Waals surface area contributed by atoms with E-state index in [1.54, 1.807) is 30.0 Å². The number of amides is 2. The van der Waals surface area contributed by atoms with E-state index in [-0.39, 0.29) is 28.9 Å². The van der Waals surface area contributed by atoms with E-state index < -0.39 is 11.7 Å². The summed E-state index contributed by atoms with van der Waals surface area (Å²) < 4.78 is 34.3. The molecule has 10 nitrogen and oxygen atoms in total. The van der Waals surface area contributed by atoms with Crippen LogP contribution in [0.1, 0.15) is 28.5 Å². The first-order valence-electron chi connectivity index (χ1n) is 13.1. The monoisotopic (exact) mass is 562 g/mol. The van der Waals surface area contributed by atoms with E-state index in [0.29, 0.717) is 66.7 Å². The minimum atomic E-state index is -0.867. The van der Waals surface area contributed by atoms with E-state index in [2.05, 4.69) is 4.98 Å². The Morgan fingerprint density at radius 2 is 1.63 bits per heavy atom. The van der Waals surface area contributed by atoms with Crippen molar-refractivity contribution in [2.24, 2.45) is 0 Å². The number of hydrogen-bond acceptors (Lipinski definition) is 7. The molecule has 2 amide bonds. The Hall–Kier alpha value is -4.87. The number of aromatic nitrogens is 3. The molecule has 0 unspecified atom stereocenters. The van der Waals surface area contributed by atoms with E-state index in [1.165, 1.54) is 47.0 Å². The Bertz CT molecular complexity index is 1630. The molecule has 3 heterocycles. The molecule has 0 aliphatic carbocycles. The summed E-state index contributed by atoms with van der Waals surface area (Å²) >= 11 is 0. The van der Waals surface area contributed by atoms with Crippen LogP contribution in [0, 0.1) is 12.7 Å². The number of halogens is 2. The lowest BCUT2D eigenvalue weighted by molar-refractivity contribution is 0.0148. The lowest BCUT2D eigenvalue weighted by atomic mass is 10.1. The molecule has 2 aromatic carbocycles. The number of rotatable bonds is 6. The molecule has 41 heavy (non-hydrogen) atoms. The van der Waals surface area contributed by atoms with Gasteiger partial charge in [0.15, 0.2) is 5.65 Å². The van der Waals surface area contributed by atoms with Crippen LogP contribution in [0.25, 0.3) is 16.7 Å². The van der Waals surface area contributed by atoms with Crippen LogP contribution in [-0.2, 0) is 11.3 Å². The molecule has 12 heteroatoms. The van der Waals surface area contributed by atoms with Gasteiger partial charge in [0, 0.05) is 43.2 Å². The molecule has 4 aromatic rings. The highest BCUT2D eigenvalue weighted by Crippen LogP contribution is 2.22. The first kappa shape index (κ1) is 27.7. The molecular weight excluding hydrogens is 534 g/mol. The quantitative estimate of drug-likeness (QED) is 0.327. The highest BCUT2D eigenvalue weighted by Gasteiger charge is 2.24. The summed E-state index contributed by atoms with van der Waals surface area (Å²) in [4.78, 5) is 50.7. The summed E-state index contributed by atoms with van der Waals surface area (Å²) in [6, 6.07) is 14.3. The van der Waals surface area contributed by atoms with Gasteiger partial charge in [-0.1, -0.05) is 16.6 Å². The van der Waals surface area contributed by atoms with Crippen LogP contribution in [0.15, 0.2) is 65.5 Å². The lowest BCUT2D eigenvalue weighted by Crippen LogP contribution is -2.49. The smallest absolute Gasteiger partial charge is 0.409 e. The van der Waals surface area contributed by atoms with Gasteiger partial charge in [0.05, 0.1) is 24.5 Å². The number of benzene rings is 2. The number of carbonyl (C=O) groups is 2. The Kier molecular flexibility index (Phi) is 7.90. The van der Waals surface area contributed by atoms with Crippen molar-refractivity contribution in [3.05, 3.63) is 93.7 Å². The fraction of sp³-hybridized carbons (Fsp3) is 0.276. The Morgan fingerprint density at radius 1 is 0.951 bits per heavy atom. The molecule has 0 atom stereocenters. The maximum absolute atomic E-state index is 14.6. The third-order valence-electron chi connectivity index (χ3n) is 6.85. The van der Waals surface area contributed by atoms with E-state index >= 15 is 0 Å². The van der Waals surface area contributed by atoms with Gasteiger partial charge in [0.25, 0.3) is 11.5 Å². The molecule has 2 aromatic heterocycles. The van der Waals surface area contributed by atoms with Crippen molar-refractivity contribution in [2.75, 3.05) is 37.7 Å². The van der Waals surface area contributed by atoms with Crippen LogP contribution in [-0.4, -0.2) is 69.3 Å². The third-order valence-corrected chi connectivity index (χ3v) is 6.85. The number of hydrogen-bond donors (Lipinski definition) is 0. The van der Waals surface area contributed by atoms with Gasteiger partial charge < -0.3 is 14.5 Å². The van der Waals surface area contributed by atoms with Crippen LogP contribution < -0.4 is 10.5 Å². The summed E-state index contributed by atoms with van der Waals surface area (Å²) in [7, 11) is 0. The van der Waals surface area contributed by atoms with E-state index in [9.17, 15) is 23.3 Å². The highest BCUT2D eigenvalue weighted by molar-refractivity contribution is 5.93. The zero-order valence-electron chi connectivity index (χ0n) is 22.6. The van der Waals surface area contributed by atoms with Gasteiger partial charge in [0.1, 0.15) is 5.82 Å². The minimum Gasteiger partial charge on any atom is -0.450 e. The maximum Gasteiger partial charge on any atom is 0.409 e. The van der Waals surface area contributed by atoms with Gasteiger partial charge >= 0.3 is 6.09 Å². The number of nitrogens with zero attached hydrogens (tertiary/aromatic N) is 6. The van der Waals surface area contributed by atoms with Gasteiger partial charge in [0.2, 0.25) is 5.95 Å². The van der Waals surface area contributed by atoms with Crippen molar-refractivity contribution in [1.82, 2.24) is 24.6 Å². The summed E-state index contributed by atoms with van der Waals surface area (Å²) in [6.07, 6.45) is -0.357. The van der Waals surface area contributed by atoms with Crippen molar-refractivity contribution >= 4 is 29.0 Å². The van der Waals surface area contributed by atoms with Crippen molar-refractivity contribution in [3.63, 3.8) is 0 Å². The standard InChI is InChI=1S/C29H28F2N6O4/c1-3-41-29(40)35-16-14-34(15-17-35)28-32-19(2)24-12-13-25(38)37(26(24)33-28)23-10-6-21(7-11-23)27(39)36(31)18-20-4-8-22(30)9-5-20/h4-13H,3,14-18H2,1-2H3. The van der Waals surface area contributed by atoms with E-state index in [1.807, 2.05) is 11.8 Å². The first-order valence-corrected chi connectivity index (χ1v) is 13.1. The summed E-state index contributed by atoms with van der Waals surface area (Å²) in [6.45, 7) is 5.45. The average molecular weight is 563 g/mol. The Balaban J connectivity index is 1.40. The molecule has 0 radical (unpaired) electrons. The predicted molar refractivity (Wildman–Crippen MR) is 148 cm³/mol. The molecule has 0 saturated carbocycles. The van der Waals surface area contributed by atoms with Gasteiger partial charge in [-0.15, -0.1) is 0 Å². The number of aryl methyl sites for hydroxylation is 1. The Morgan fingerprint density at radius 3 is 2.29 bits per heavy atom. The number of anilines is 1. The predicted octanol–water partition coefficient (Wildman–Crippen LogP) is 4.03. The van der Waals surface area contributed by atoms with Gasteiger partial charge in [-0.2, -0.15) is 10.1 Å². The van der Waals surface area contributed by atoms with Crippen LogP contribution >= 0.6 is 0 Å². The summed E-state index contributed by atoms with van der Waals surface area (Å²) in [5.41, 5.74) is 1.68. The molecule has 1 fully saturated rings. The number of pyridine rings is 1. The molecule has 212 valence electrons. The zero-order chi connectivity index (χ0) is 29.1. The van der Waals surface area contributed by atoms with E-state index in [4.69, 9.17) is 9.72 Å². The SMILES string of the molecule is CCOC(=O)N1CCN(c2nc(C)c3ccc(=O)n(-c4ccc(C(=O)N(F)Cc5ccc(F)cc5)cc4)c3n2)CC1. The molecule has 0 bridgehead atoms. The second-order valence-corrected chi connectivity index (χ2v) is 9.53. The first-order chi connectivity index (χ1) is 19.7. The van der Waals surface area contributed by atoms with Gasteiger partial charge in [-0.25, -0.2) is 14.2 Å². The van der Waals surface area contributed by atoms with E-state index in [0.717, 1.165) is 0 Å². The molecule has 1 aliphatic rings. The fourth-order valence-electron chi connectivity index (χ4n) is 4.66. The Labute approximate surface area is 234 Å². The normalized spacial score (nSPS) is 13.4. The molecule has 1 saturated heterocycles. The summed E-state index contributed by atoms with van der Waals surface area (Å²) in [5, 5.41) is 0.726. The third kappa shape index (κ3) is 5.86. The molecule has 0 N–H and O–H groups in total. The van der Waals surface area contributed by atoms with Crippen molar-refractivity contribution in [2.45, 2.75) is 20.4 Å². The number of carbonyl (C=O) groups excluding carboxylic acids is 2. The molecule has 0 spiro atoms. The lowest BCUT2D eigenvalue weighted by Gasteiger charge is -2.34. The largest absolute Gasteiger partial charge is 0.450 e. The second-order valence-electron chi connectivity index (χ2n) is 9.53. The zero-order valence-corrected chi connectivity index (χ0v) is 22.6. The van der Waals surface area contributed by atoms with Crippen LogP contribution in [0.4, 0.5) is 19.6 Å². The van der Waals surface area contributed by atoms with Gasteiger partial charge in [-0.3, -0.25) is 14.2 Å². The highest BCUT2D eigenvalue weighted by atomic mass is 19.2. The minimum absolute atomic E-state index is 0.0525. The van der Waals surface area contributed by atoms with Gasteiger partial charge in [-0.05, 0) is 61.9 Å². The number of ether oxygens (including phenoxy) is 1. The van der Waals surface area contributed by atoms with Crippen LogP contribution in [0.3, 0.4) is 0 Å². The average Bonchev–Trinajstić information content (AvgIpc) is 2.98. The van der Waals surface area contributed by atoms with Crippen molar-refractivity contribution in [1.29, 1.82) is 0 Å². The maximum atomic E-state index is 14.6. The molecule has 5 rings (SSSR count). The topological polar surface area (TPSA) is 101 Å². The van der Waals surface area contributed by atoms with Crippen molar-refractivity contribution < 1.29 is 23.2 Å². The fourth-order valence-corrected chi connectivity index (χ4v) is 4.66. The summed E-state index contributed by atoms with van der Waals surface area (Å²) in [5.74, 6) is -0.888. The second kappa shape index (κ2) is 11.7. The molecular formula is C29H28F2N6O4. The molecule has 1 aliphatic heterocycles.